The monoisotopic (exact) mass is 322 g/mol. The van der Waals surface area contributed by atoms with Crippen LogP contribution in [0.5, 0.6) is 0 Å². The Morgan fingerprint density at radius 1 is 1.25 bits per heavy atom. The first-order valence-corrected chi connectivity index (χ1v) is 10.5. The van der Waals surface area contributed by atoms with Crippen molar-refractivity contribution >= 4 is 26.1 Å². The van der Waals surface area contributed by atoms with Crippen LogP contribution in [-0.4, -0.2) is 34.6 Å². The van der Waals surface area contributed by atoms with E-state index < -0.39 is 21.0 Å². The number of carbonyl (C=O) groups excluding carboxylic acids is 1. The molecule has 2 saturated heterocycles. The van der Waals surface area contributed by atoms with E-state index in [-0.39, 0.29) is 0 Å². The smallest absolute Gasteiger partial charge is 0.435 e. The van der Waals surface area contributed by atoms with Crippen LogP contribution < -0.4 is 0 Å². The summed E-state index contributed by atoms with van der Waals surface area (Å²) in [5, 5.41) is 0.946. The third-order valence-electron chi connectivity index (χ3n) is 4.64. The number of halogens is 1. The molecule has 2 aliphatic heterocycles. The molecule has 5 heteroatoms. The predicted molar refractivity (Wildman–Crippen MR) is 85.8 cm³/mol. The lowest BCUT2D eigenvalue weighted by molar-refractivity contribution is -0.0175. The van der Waals surface area contributed by atoms with Crippen LogP contribution in [0.25, 0.3) is 0 Å². The van der Waals surface area contributed by atoms with Crippen molar-refractivity contribution in [3.05, 3.63) is 0 Å². The van der Waals surface area contributed by atoms with Crippen molar-refractivity contribution in [1.29, 1.82) is 0 Å². The first-order valence-electron chi connectivity index (χ1n) is 7.74. The second-order valence-electron chi connectivity index (χ2n) is 6.39. The molecule has 0 aliphatic carbocycles. The molecular formula is C15H27ClO3S. The van der Waals surface area contributed by atoms with Gasteiger partial charge in [0, 0.05) is 10.5 Å². The second-order valence-corrected chi connectivity index (χ2v) is 11.3. The summed E-state index contributed by atoms with van der Waals surface area (Å²) in [6, 6.07) is 0. The Morgan fingerprint density at radius 2 is 1.95 bits per heavy atom. The molecule has 3 unspecified atom stereocenters. The van der Waals surface area contributed by atoms with Crippen LogP contribution in [0, 0.1) is 0 Å². The molecule has 0 amide bonds. The zero-order valence-corrected chi connectivity index (χ0v) is 14.4. The highest BCUT2D eigenvalue weighted by Gasteiger charge is 2.50. The Bertz CT molecular complexity index is 359. The van der Waals surface area contributed by atoms with Crippen LogP contribution in [0.2, 0.25) is 0 Å². The summed E-state index contributed by atoms with van der Waals surface area (Å²) in [4.78, 5) is 11.7. The van der Waals surface area contributed by atoms with Crippen LogP contribution >= 0.6 is 19.9 Å². The number of carbonyl (C=O) groups is 1. The lowest BCUT2D eigenvalue weighted by Gasteiger charge is -2.56. The summed E-state index contributed by atoms with van der Waals surface area (Å²) in [5.41, 5.74) is -0.528. The number of fused-ring (bicyclic) bond motifs is 1. The van der Waals surface area contributed by atoms with Gasteiger partial charge >= 0.3 is 6.16 Å². The van der Waals surface area contributed by atoms with Crippen molar-refractivity contribution in [3.8, 4) is 0 Å². The second kappa shape index (κ2) is 6.35. The van der Waals surface area contributed by atoms with Gasteiger partial charge < -0.3 is 9.47 Å². The van der Waals surface area contributed by atoms with Crippen molar-refractivity contribution in [3.63, 3.8) is 0 Å². The van der Waals surface area contributed by atoms with Gasteiger partial charge in [-0.15, -0.1) is 0 Å². The van der Waals surface area contributed by atoms with E-state index in [9.17, 15) is 4.79 Å². The van der Waals surface area contributed by atoms with E-state index in [4.69, 9.17) is 20.2 Å². The van der Waals surface area contributed by atoms with Crippen LogP contribution in [0.3, 0.4) is 0 Å². The minimum absolute atomic E-state index is 0.292. The molecule has 0 saturated carbocycles. The first-order chi connectivity index (χ1) is 9.40. The van der Waals surface area contributed by atoms with Crippen molar-refractivity contribution < 1.29 is 14.3 Å². The van der Waals surface area contributed by atoms with E-state index >= 15 is 0 Å². The maximum Gasteiger partial charge on any atom is 0.508 e. The molecule has 0 aromatic carbocycles. The molecule has 0 aromatic heterocycles. The van der Waals surface area contributed by atoms with Crippen molar-refractivity contribution in [1.82, 2.24) is 0 Å². The topological polar surface area (TPSA) is 35.5 Å². The van der Waals surface area contributed by atoms with E-state index in [2.05, 4.69) is 0 Å². The standard InChI is InChI=1S/C15H27ClO3S/c1-4-18-14(17)19-15(2,3)13-10-7-9-12-8-5-6-11-20(12,13)16/h12-13H,4-11H2,1-3H3. The average Bonchev–Trinajstić information content (AvgIpc) is 2.36. The molecule has 2 rings (SSSR count). The summed E-state index contributed by atoms with van der Waals surface area (Å²) in [7, 11) is 5.94. The molecule has 3 atom stereocenters. The predicted octanol–water partition coefficient (Wildman–Crippen LogP) is 5.00. The van der Waals surface area contributed by atoms with Crippen LogP contribution in [-0.2, 0) is 9.47 Å². The van der Waals surface area contributed by atoms with Crippen molar-refractivity contribution in [2.45, 2.75) is 75.4 Å². The van der Waals surface area contributed by atoms with Gasteiger partial charge in [-0.25, -0.2) is 4.79 Å². The van der Waals surface area contributed by atoms with Crippen LogP contribution in [0.1, 0.15) is 59.3 Å². The molecule has 2 fully saturated rings. The van der Waals surface area contributed by atoms with Gasteiger partial charge in [0.05, 0.1) is 6.61 Å². The molecule has 0 radical (unpaired) electrons. The first kappa shape index (κ1) is 16.3. The molecule has 2 aliphatic rings. The Kier molecular flexibility index (Phi) is 5.17. The SMILES string of the molecule is CCOC(=O)OC(C)(C)C1CCCC2CCCCS21Cl. The highest BCUT2D eigenvalue weighted by molar-refractivity contribution is 8.52. The minimum Gasteiger partial charge on any atom is -0.435 e. The molecule has 2 heterocycles. The quantitative estimate of drug-likeness (QED) is 0.686. The maximum absolute atomic E-state index is 11.7. The molecule has 118 valence electrons. The summed E-state index contributed by atoms with van der Waals surface area (Å²) in [6.45, 7) is 6.15. The van der Waals surface area contributed by atoms with Gasteiger partial charge in [0.2, 0.25) is 0 Å². The summed E-state index contributed by atoms with van der Waals surface area (Å²) in [6.07, 6.45) is 6.75. The van der Waals surface area contributed by atoms with Gasteiger partial charge in [0.25, 0.3) is 0 Å². The molecule has 20 heavy (non-hydrogen) atoms. The van der Waals surface area contributed by atoms with Gasteiger partial charge in [0.15, 0.2) is 0 Å². The van der Waals surface area contributed by atoms with Crippen molar-refractivity contribution in [2.75, 3.05) is 12.4 Å². The third kappa shape index (κ3) is 3.22. The van der Waals surface area contributed by atoms with E-state index in [1.165, 1.54) is 32.1 Å². The number of hydrogen-bond donors (Lipinski definition) is 0. The van der Waals surface area contributed by atoms with E-state index in [1.807, 2.05) is 13.8 Å². The Balaban J connectivity index is 2.13. The number of rotatable bonds is 3. The third-order valence-corrected chi connectivity index (χ3v) is 10.7. The molecule has 0 N–H and O–H groups in total. The maximum atomic E-state index is 11.7. The highest BCUT2D eigenvalue weighted by Crippen LogP contribution is 2.71. The molecule has 0 aromatic rings. The lowest BCUT2D eigenvalue weighted by atomic mass is 9.97. The van der Waals surface area contributed by atoms with E-state index in [0.717, 1.165) is 12.2 Å². The number of ether oxygens (including phenoxy) is 2. The Labute approximate surface area is 128 Å². The minimum atomic E-state index is -1.20. The molecule has 0 spiro atoms. The van der Waals surface area contributed by atoms with Crippen LogP contribution in [0.4, 0.5) is 4.79 Å². The fourth-order valence-electron chi connectivity index (χ4n) is 3.75. The largest absolute Gasteiger partial charge is 0.508 e. The van der Waals surface area contributed by atoms with Gasteiger partial charge in [-0.3, -0.25) is 0 Å². The number of hydrogen-bond acceptors (Lipinski definition) is 3. The molecule has 3 nitrogen and oxygen atoms in total. The Morgan fingerprint density at radius 3 is 2.65 bits per heavy atom. The van der Waals surface area contributed by atoms with E-state index in [0.29, 0.717) is 17.1 Å². The van der Waals surface area contributed by atoms with Gasteiger partial charge in [-0.1, -0.05) is 23.5 Å². The fourth-order valence-corrected chi connectivity index (χ4v) is 9.92. The normalized spacial score (nSPS) is 37.4. The van der Waals surface area contributed by atoms with Gasteiger partial charge in [-0.2, -0.15) is 9.24 Å². The molecular weight excluding hydrogens is 296 g/mol. The van der Waals surface area contributed by atoms with Crippen LogP contribution in [0.15, 0.2) is 0 Å². The van der Waals surface area contributed by atoms with Gasteiger partial charge in [-0.05, 0) is 52.2 Å². The Hall–Kier alpha value is -0.0900. The van der Waals surface area contributed by atoms with Crippen molar-refractivity contribution in [2.24, 2.45) is 0 Å². The fraction of sp³-hybridized carbons (Fsp3) is 0.933. The summed E-state index contributed by atoms with van der Waals surface area (Å²) in [5.74, 6) is 1.12. The summed E-state index contributed by atoms with van der Waals surface area (Å²) < 4.78 is 10.5. The highest BCUT2D eigenvalue weighted by atomic mass is 35.7. The summed E-state index contributed by atoms with van der Waals surface area (Å²) >= 11 is 0. The van der Waals surface area contributed by atoms with Gasteiger partial charge in [0.1, 0.15) is 5.60 Å². The zero-order valence-electron chi connectivity index (χ0n) is 12.8. The van der Waals surface area contributed by atoms with E-state index in [1.54, 1.807) is 6.92 Å². The zero-order chi connectivity index (χ0) is 14.8. The lowest BCUT2D eigenvalue weighted by Crippen LogP contribution is -2.48. The average molecular weight is 323 g/mol. The molecule has 0 bridgehead atoms.